The molecule has 0 saturated carbocycles. The zero-order valence-electron chi connectivity index (χ0n) is 30.9. The zero-order valence-corrected chi connectivity index (χ0v) is 30.9. The maximum absolute atomic E-state index is 5.20. The van der Waals surface area contributed by atoms with Crippen molar-refractivity contribution in [1.82, 2.24) is 9.55 Å². The van der Waals surface area contributed by atoms with Gasteiger partial charge in [0.2, 0.25) is 0 Å². The zero-order chi connectivity index (χ0) is 37.2. The molecule has 0 bridgehead atoms. The summed E-state index contributed by atoms with van der Waals surface area (Å²) in [6.45, 7) is 2.25. The van der Waals surface area contributed by atoms with Crippen molar-refractivity contribution in [3.05, 3.63) is 206 Å². The Morgan fingerprint density at radius 1 is 0.339 bits per heavy atom. The van der Waals surface area contributed by atoms with E-state index in [1.807, 2.05) is 0 Å². The molecular formula is C54H36N2. The van der Waals surface area contributed by atoms with Gasteiger partial charge in [-0.25, -0.2) is 4.98 Å². The summed E-state index contributed by atoms with van der Waals surface area (Å²) in [4.78, 5) is 5.20. The lowest BCUT2D eigenvalue weighted by molar-refractivity contribution is 1.10. The van der Waals surface area contributed by atoms with Crippen LogP contribution in [0.3, 0.4) is 0 Å². The summed E-state index contributed by atoms with van der Waals surface area (Å²) < 4.78 is 2.28. The van der Waals surface area contributed by atoms with Gasteiger partial charge in [-0.3, -0.25) is 4.57 Å². The molecule has 0 aliphatic heterocycles. The lowest BCUT2D eigenvalue weighted by Crippen LogP contribution is -1.97. The van der Waals surface area contributed by atoms with Crippen molar-refractivity contribution < 1.29 is 0 Å². The predicted octanol–water partition coefficient (Wildman–Crippen LogP) is 14.6. The molecule has 0 aliphatic rings. The van der Waals surface area contributed by atoms with E-state index in [0.717, 1.165) is 28.1 Å². The number of fused-ring (bicyclic) bond motifs is 5. The fourth-order valence-corrected chi connectivity index (χ4v) is 9.08. The lowest BCUT2D eigenvalue weighted by Gasteiger charge is -2.19. The topological polar surface area (TPSA) is 17.8 Å². The standard InChI is InChI=1S/C54H36N2/c1-35-41-20-5-7-22-43(41)51(44-23-8-6-21-42(35)44)36-30-32-37(33-31-36)52-45-24-9-11-26-47(45)53(48-27-12-10-25-46(48)52)38-16-15-17-39(34-38)54-55-49-28-13-14-29-50(49)56(54)40-18-3-2-4-19-40/h2-34H,1H3. The molecule has 1 heterocycles. The highest BCUT2D eigenvalue weighted by Crippen LogP contribution is 2.45. The third-order valence-electron chi connectivity index (χ3n) is 11.6. The molecule has 1 aromatic heterocycles. The van der Waals surface area contributed by atoms with Crippen LogP contribution in [-0.2, 0) is 0 Å². The maximum atomic E-state index is 5.20. The summed E-state index contributed by atoms with van der Waals surface area (Å²) in [5.41, 5.74) is 13.0. The second-order valence-corrected chi connectivity index (χ2v) is 14.7. The largest absolute Gasteiger partial charge is 0.292 e. The van der Waals surface area contributed by atoms with Gasteiger partial charge in [-0.1, -0.05) is 170 Å². The smallest absolute Gasteiger partial charge is 0.145 e. The molecule has 0 spiro atoms. The van der Waals surface area contributed by atoms with E-state index >= 15 is 0 Å². The molecule has 2 heteroatoms. The van der Waals surface area contributed by atoms with Crippen molar-refractivity contribution in [3.8, 4) is 50.5 Å². The molecule has 11 rings (SSSR count). The van der Waals surface area contributed by atoms with Crippen molar-refractivity contribution in [1.29, 1.82) is 0 Å². The molecule has 10 aromatic carbocycles. The number of aromatic nitrogens is 2. The highest BCUT2D eigenvalue weighted by atomic mass is 15.1. The van der Waals surface area contributed by atoms with E-state index in [1.165, 1.54) is 82.0 Å². The summed E-state index contributed by atoms with van der Waals surface area (Å²) in [6.07, 6.45) is 0. The predicted molar refractivity (Wildman–Crippen MR) is 238 cm³/mol. The Balaban J connectivity index is 1.10. The number of nitrogens with zero attached hydrogens (tertiary/aromatic N) is 2. The van der Waals surface area contributed by atoms with Crippen LogP contribution in [-0.4, -0.2) is 9.55 Å². The second kappa shape index (κ2) is 12.9. The number of rotatable bonds is 5. The van der Waals surface area contributed by atoms with E-state index in [2.05, 4.69) is 212 Å². The number of hydrogen-bond acceptors (Lipinski definition) is 1. The minimum atomic E-state index is 0.929. The number of imidazole rings is 1. The van der Waals surface area contributed by atoms with Gasteiger partial charge in [0.05, 0.1) is 11.0 Å². The maximum Gasteiger partial charge on any atom is 0.145 e. The fraction of sp³-hybridized carbons (Fsp3) is 0.0185. The third kappa shape index (κ3) is 5.00. The fourth-order valence-electron chi connectivity index (χ4n) is 9.08. The van der Waals surface area contributed by atoms with Crippen LogP contribution in [0.2, 0.25) is 0 Å². The first-order chi connectivity index (χ1) is 27.7. The van der Waals surface area contributed by atoms with Crippen LogP contribution in [0.1, 0.15) is 5.56 Å². The summed E-state index contributed by atoms with van der Waals surface area (Å²) in [5, 5.41) is 10.1. The Morgan fingerprint density at radius 3 is 1.29 bits per heavy atom. The summed E-state index contributed by atoms with van der Waals surface area (Å²) in [5.74, 6) is 0.929. The number of benzene rings is 10. The van der Waals surface area contributed by atoms with E-state index in [1.54, 1.807) is 0 Å². The van der Waals surface area contributed by atoms with Gasteiger partial charge < -0.3 is 0 Å². The van der Waals surface area contributed by atoms with Crippen LogP contribution in [0.25, 0.3) is 105 Å². The van der Waals surface area contributed by atoms with E-state index in [4.69, 9.17) is 4.98 Å². The van der Waals surface area contributed by atoms with Crippen LogP contribution in [0.5, 0.6) is 0 Å². The van der Waals surface area contributed by atoms with Crippen molar-refractivity contribution in [3.63, 3.8) is 0 Å². The minimum Gasteiger partial charge on any atom is -0.292 e. The monoisotopic (exact) mass is 712 g/mol. The highest BCUT2D eigenvalue weighted by molar-refractivity contribution is 6.22. The SMILES string of the molecule is Cc1c2ccccc2c(-c2ccc(-c3c4ccccc4c(-c4cccc(-c5nc6ccccc6n5-c5ccccc5)c4)c4ccccc34)cc2)c2ccccc12. The van der Waals surface area contributed by atoms with Crippen molar-refractivity contribution in [2.45, 2.75) is 6.92 Å². The third-order valence-corrected chi connectivity index (χ3v) is 11.6. The molecule has 0 N–H and O–H groups in total. The quantitative estimate of drug-likeness (QED) is 0.162. The van der Waals surface area contributed by atoms with Gasteiger partial charge in [0.25, 0.3) is 0 Å². The molecule has 0 amide bonds. The number of hydrogen-bond donors (Lipinski definition) is 0. The molecule has 0 saturated heterocycles. The van der Waals surface area contributed by atoms with Gasteiger partial charge >= 0.3 is 0 Å². The van der Waals surface area contributed by atoms with Gasteiger partial charge in [-0.2, -0.15) is 0 Å². The van der Waals surface area contributed by atoms with Crippen LogP contribution in [0.4, 0.5) is 0 Å². The lowest BCUT2D eigenvalue weighted by atomic mass is 9.85. The highest BCUT2D eigenvalue weighted by Gasteiger charge is 2.20. The number of aryl methyl sites for hydroxylation is 1. The molecule has 0 aliphatic carbocycles. The minimum absolute atomic E-state index is 0.929. The van der Waals surface area contributed by atoms with E-state index < -0.39 is 0 Å². The van der Waals surface area contributed by atoms with E-state index in [9.17, 15) is 0 Å². The second-order valence-electron chi connectivity index (χ2n) is 14.7. The van der Waals surface area contributed by atoms with Crippen LogP contribution < -0.4 is 0 Å². The average molecular weight is 713 g/mol. The Bertz CT molecular complexity index is 3180. The summed E-state index contributed by atoms with van der Waals surface area (Å²) in [6, 6.07) is 72.6. The molecule has 262 valence electrons. The van der Waals surface area contributed by atoms with Gasteiger partial charge in [-0.15, -0.1) is 0 Å². The van der Waals surface area contributed by atoms with Gasteiger partial charge in [0.1, 0.15) is 5.82 Å². The first kappa shape index (κ1) is 32.2. The normalized spacial score (nSPS) is 11.7. The number of para-hydroxylation sites is 3. The first-order valence-corrected chi connectivity index (χ1v) is 19.3. The molecular weight excluding hydrogens is 677 g/mol. The Labute approximate surface area is 325 Å². The average Bonchev–Trinajstić information content (AvgIpc) is 3.66. The van der Waals surface area contributed by atoms with Gasteiger partial charge in [-0.05, 0) is 119 Å². The summed E-state index contributed by atoms with van der Waals surface area (Å²) >= 11 is 0. The van der Waals surface area contributed by atoms with Gasteiger partial charge in [0.15, 0.2) is 0 Å². The molecule has 0 radical (unpaired) electrons. The summed E-state index contributed by atoms with van der Waals surface area (Å²) in [7, 11) is 0. The van der Waals surface area contributed by atoms with Crippen molar-refractivity contribution in [2.24, 2.45) is 0 Å². The molecule has 0 atom stereocenters. The Hall–Kier alpha value is -7.29. The Kier molecular flexibility index (Phi) is 7.43. The van der Waals surface area contributed by atoms with E-state index in [-0.39, 0.29) is 0 Å². The van der Waals surface area contributed by atoms with Crippen LogP contribution >= 0.6 is 0 Å². The van der Waals surface area contributed by atoms with Crippen LogP contribution in [0, 0.1) is 6.92 Å². The van der Waals surface area contributed by atoms with Gasteiger partial charge in [0, 0.05) is 11.3 Å². The first-order valence-electron chi connectivity index (χ1n) is 19.3. The van der Waals surface area contributed by atoms with E-state index in [0.29, 0.717) is 0 Å². The molecule has 11 aromatic rings. The van der Waals surface area contributed by atoms with Crippen LogP contribution in [0.15, 0.2) is 200 Å². The van der Waals surface area contributed by atoms with Crippen molar-refractivity contribution in [2.75, 3.05) is 0 Å². The molecule has 2 nitrogen and oxygen atoms in total. The van der Waals surface area contributed by atoms with Crippen molar-refractivity contribution >= 4 is 54.1 Å². The molecule has 56 heavy (non-hydrogen) atoms. The Morgan fingerprint density at radius 2 is 0.750 bits per heavy atom. The molecule has 0 fully saturated rings. The molecule has 0 unspecified atom stereocenters.